The van der Waals surface area contributed by atoms with Gasteiger partial charge < -0.3 is 0 Å². The molecule has 0 aliphatic carbocycles. The second-order valence-corrected chi connectivity index (χ2v) is 12.2. The van der Waals surface area contributed by atoms with E-state index in [1.54, 1.807) is 24.3 Å². The van der Waals surface area contributed by atoms with E-state index in [0.29, 0.717) is 27.9 Å². The monoisotopic (exact) mass is 501 g/mol. The fraction of sp³-hybridized carbons (Fsp3) is 0.375. The van der Waals surface area contributed by atoms with Crippen molar-refractivity contribution < 1.29 is 14.2 Å². The first-order valence-corrected chi connectivity index (χ1v) is 14.0. The highest BCUT2D eigenvalue weighted by molar-refractivity contribution is 7.71. The maximum Gasteiger partial charge on any atom is 0.459 e. The predicted octanol–water partition coefficient (Wildman–Crippen LogP) is 8.51. The van der Waals surface area contributed by atoms with E-state index >= 15 is 0 Å². The van der Waals surface area contributed by atoms with Crippen molar-refractivity contribution in [3.63, 3.8) is 0 Å². The Balaban J connectivity index is 2.20. The average molecular weight is 502 g/mol. The maximum absolute atomic E-state index is 14.2. The highest BCUT2D eigenvalue weighted by Gasteiger charge is 2.39. The van der Waals surface area contributed by atoms with Crippen LogP contribution in [0.3, 0.4) is 0 Å². The number of ketones is 1. The van der Waals surface area contributed by atoms with Gasteiger partial charge in [0.25, 0.3) is 0 Å². The Bertz CT molecular complexity index is 1290. The quantitative estimate of drug-likeness (QED) is 0.230. The van der Waals surface area contributed by atoms with Crippen molar-refractivity contribution in [2.75, 3.05) is 0 Å². The molecule has 188 valence electrons. The van der Waals surface area contributed by atoms with Crippen molar-refractivity contribution in [2.45, 2.75) is 80.1 Å². The SMILES string of the molecule is Cc1cc(C)c(C(=O)[P+](=O)c2ccccc2C(=O)c2c(C(C)C)cc(C(C)C)cc2C(C)C)c(C)c1. The van der Waals surface area contributed by atoms with Crippen LogP contribution in [-0.2, 0) is 4.57 Å². The number of carbonyl (C=O) groups is 2. The molecule has 0 saturated heterocycles. The molecule has 0 radical (unpaired) electrons. The van der Waals surface area contributed by atoms with E-state index in [2.05, 4.69) is 53.7 Å². The van der Waals surface area contributed by atoms with E-state index in [1.807, 2.05) is 32.9 Å². The van der Waals surface area contributed by atoms with E-state index in [1.165, 1.54) is 5.56 Å². The summed E-state index contributed by atoms with van der Waals surface area (Å²) in [6.45, 7) is 18.4. The average Bonchev–Trinajstić information content (AvgIpc) is 2.81. The van der Waals surface area contributed by atoms with Crippen LogP contribution < -0.4 is 5.30 Å². The van der Waals surface area contributed by atoms with Gasteiger partial charge in [0.1, 0.15) is 0 Å². The molecule has 36 heavy (non-hydrogen) atoms. The zero-order chi connectivity index (χ0) is 26.9. The Morgan fingerprint density at radius 2 is 1.19 bits per heavy atom. The summed E-state index contributed by atoms with van der Waals surface area (Å²) in [5, 5.41) is 0.305. The molecule has 3 rings (SSSR count). The normalized spacial score (nSPS) is 11.9. The summed E-state index contributed by atoms with van der Waals surface area (Å²) < 4.78 is 13.7. The van der Waals surface area contributed by atoms with Crippen molar-refractivity contribution >= 4 is 24.4 Å². The van der Waals surface area contributed by atoms with E-state index in [9.17, 15) is 14.2 Å². The molecular formula is C32H38O3P+. The Morgan fingerprint density at radius 3 is 1.67 bits per heavy atom. The standard InChI is InChI=1S/C32H38O3P/c1-18(2)24-16-26(19(3)4)30(27(17-24)20(5)6)31(33)25-12-10-11-13-28(25)36(35)32(34)29-22(8)14-21(7)15-23(29)9/h10-20H,1-9H3/q+1. The zero-order valence-corrected chi connectivity index (χ0v) is 23.9. The first kappa shape index (κ1) is 27.7. The molecule has 4 heteroatoms. The smallest absolute Gasteiger partial charge is 0.288 e. The Morgan fingerprint density at radius 1 is 0.694 bits per heavy atom. The van der Waals surface area contributed by atoms with Crippen molar-refractivity contribution in [3.8, 4) is 0 Å². The van der Waals surface area contributed by atoms with Gasteiger partial charge in [-0.2, -0.15) is 0 Å². The van der Waals surface area contributed by atoms with Gasteiger partial charge in [0, 0.05) is 5.56 Å². The molecule has 0 N–H and O–H groups in total. The highest BCUT2D eigenvalue weighted by Crippen LogP contribution is 2.36. The van der Waals surface area contributed by atoms with E-state index in [0.717, 1.165) is 27.8 Å². The molecule has 0 spiro atoms. The molecule has 3 aromatic rings. The van der Waals surface area contributed by atoms with Gasteiger partial charge in [0.05, 0.1) is 11.1 Å². The number of benzene rings is 3. The fourth-order valence-corrected chi connectivity index (χ4v) is 6.31. The van der Waals surface area contributed by atoms with Crippen LogP contribution in [0.2, 0.25) is 0 Å². The van der Waals surface area contributed by atoms with Crippen LogP contribution in [-0.4, -0.2) is 11.3 Å². The number of hydrogen-bond donors (Lipinski definition) is 0. The van der Waals surface area contributed by atoms with Crippen molar-refractivity contribution in [3.05, 3.63) is 98.6 Å². The second-order valence-electron chi connectivity index (χ2n) is 10.8. The van der Waals surface area contributed by atoms with Crippen molar-refractivity contribution in [1.82, 2.24) is 0 Å². The summed E-state index contributed by atoms with van der Waals surface area (Å²) in [7, 11) is -2.47. The molecule has 1 unspecified atom stereocenters. The largest absolute Gasteiger partial charge is 0.459 e. The zero-order valence-electron chi connectivity index (χ0n) is 23.0. The van der Waals surface area contributed by atoms with Gasteiger partial charge in [0.15, 0.2) is 5.78 Å². The molecule has 3 aromatic carbocycles. The topological polar surface area (TPSA) is 51.2 Å². The van der Waals surface area contributed by atoms with Crippen molar-refractivity contribution in [2.24, 2.45) is 0 Å². The molecule has 0 heterocycles. The number of carbonyl (C=O) groups excluding carboxylic acids is 2. The van der Waals surface area contributed by atoms with Crippen LogP contribution in [0.5, 0.6) is 0 Å². The minimum absolute atomic E-state index is 0.139. The highest BCUT2D eigenvalue weighted by atomic mass is 31.1. The van der Waals surface area contributed by atoms with Gasteiger partial charge in [-0.3, -0.25) is 4.79 Å². The first-order chi connectivity index (χ1) is 16.8. The molecule has 0 fully saturated rings. The molecule has 0 aliphatic heterocycles. The van der Waals surface area contributed by atoms with Crippen LogP contribution in [0.4, 0.5) is 0 Å². The van der Waals surface area contributed by atoms with Gasteiger partial charge in [-0.15, -0.1) is 0 Å². The lowest BCUT2D eigenvalue weighted by atomic mass is 9.81. The lowest BCUT2D eigenvalue weighted by Gasteiger charge is -2.22. The number of aryl methyl sites for hydroxylation is 3. The summed E-state index contributed by atoms with van der Waals surface area (Å²) in [5.41, 5.74) is 6.94. The molecule has 0 saturated carbocycles. The number of rotatable bonds is 8. The predicted molar refractivity (Wildman–Crippen MR) is 151 cm³/mol. The van der Waals surface area contributed by atoms with Gasteiger partial charge >= 0.3 is 13.3 Å². The van der Waals surface area contributed by atoms with Gasteiger partial charge in [0.2, 0.25) is 5.30 Å². The van der Waals surface area contributed by atoms with E-state index < -0.39 is 13.3 Å². The minimum Gasteiger partial charge on any atom is -0.288 e. The summed E-state index contributed by atoms with van der Waals surface area (Å²) in [5.74, 6) is 0.451. The molecule has 0 aliphatic rings. The molecule has 1 atom stereocenters. The van der Waals surface area contributed by atoms with E-state index in [4.69, 9.17) is 0 Å². The van der Waals surface area contributed by atoms with Crippen LogP contribution in [0, 0.1) is 20.8 Å². The van der Waals surface area contributed by atoms with Crippen LogP contribution in [0.25, 0.3) is 0 Å². The Kier molecular flexibility index (Phi) is 8.47. The first-order valence-electron chi connectivity index (χ1n) is 12.8. The molecule has 3 nitrogen and oxygen atoms in total. The summed E-state index contributed by atoms with van der Waals surface area (Å²) >= 11 is 0. The minimum atomic E-state index is -2.47. The van der Waals surface area contributed by atoms with Gasteiger partial charge in [-0.25, -0.2) is 4.79 Å². The van der Waals surface area contributed by atoms with Gasteiger partial charge in [-0.05, 0) is 78.5 Å². The molecule has 0 aromatic heterocycles. The third-order valence-electron chi connectivity index (χ3n) is 6.80. The molecular weight excluding hydrogens is 463 g/mol. The summed E-state index contributed by atoms with van der Waals surface area (Å²) in [6, 6.07) is 15.0. The van der Waals surface area contributed by atoms with E-state index in [-0.39, 0.29) is 17.6 Å². The lowest BCUT2D eigenvalue weighted by Crippen LogP contribution is -2.20. The van der Waals surface area contributed by atoms with Crippen LogP contribution in [0.1, 0.15) is 119 Å². The Hall–Kier alpha value is -2.90. The third-order valence-corrected chi connectivity index (χ3v) is 8.22. The fourth-order valence-electron chi connectivity index (χ4n) is 4.92. The van der Waals surface area contributed by atoms with Crippen LogP contribution in [0.15, 0.2) is 48.5 Å². The van der Waals surface area contributed by atoms with Gasteiger partial charge in [-0.1, -0.05) is 88.1 Å². The Labute approximate surface area is 217 Å². The lowest BCUT2D eigenvalue weighted by molar-refractivity contribution is 0.103. The second kappa shape index (κ2) is 11.0. The summed E-state index contributed by atoms with van der Waals surface area (Å²) in [6.07, 6.45) is 0. The maximum atomic E-state index is 14.2. The summed E-state index contributed by atoms with van der Waals surface area (Å²) in [4.78, 5) is 27.7. The molecule has 0 bridgehead atoms. The third kappa shape index (κ3) is 5.42. The molecule has 0 amide bonds. The number of hydrogen-bond acceptors (Lipinski definition) is 3. The van der Waals surface area contributed by atoms with Crippen molar-refractivity contribution in [1.29, 1.82) is 0 Å². The van der Waals surface area contributed by atoms with Crippen LogP contribution >= 0.6 is 7.80 Å².